The molecule has 0 aromatic heterocycles. The Labute approximate surface area is 455 Å². The Morgan fingerprint density at radius 2 is 0.906 bits per heavy atom. The van der Waals surface area contributed by atoms with Crippen LogP contribution in [-0.4, -0.2) is 39.5 Å². The van der Waals surface area contributed by atoms with Crippen molar-refractivity contribution in [1.82, 2.24) is 0 Å². The molecule has 6 aromatic rings. The van der Waals surface area contributed by atoms with Gasteiger partial charge in [-0.1, -0.05) is 48.0 Å². The first-order valence-corrected chi connectivity index (χ1v) is 19.9. The zero-order valence-electron chi connectivity index (χ0n) is 38.2. The minimum Gasteiger partial charge on any atom is -0.481 e. The Morgan fingerprint density at radius 3 is 1.27 bits per heavy atom. The maximum atomic E-state index is 11.6. The third-order valence-corrected chi connectivity index (χ3v) is 10.6. The summed E-state index contributed by atoms with van der Waals surface area (Å²) in [5.74, 6) is -2.97. The second-order valence-electron chi connectivity index (χ2n) is 15.1. The van der Waals surface area contributed by atoms with Crippen LogP contribution in [0.15, 0.2) is 109 Å². The van der Waals surface area contributed by atoms with Gasteiger partial charge in [-0.25, -0.2) is 4.79 Å². The van der Waals surface area contributed by atoms with Gasteiger partial charge in [-0.3, -0.25) is 9.59 Å². The molecule has 0 aliphatic carbocycles. The first kappa shape index (κ1) is 60.5. The number of aliphatic carboxylic acids is 3. The van der Waals surface area contributed by atoms with Gasteiger partial charge >= 0.3 is 17.9 Å². The zero-order valence-corrected chi connectivity index (χ0v) is 46.8. The molecule has 1 unspecified atom stereocenters. The first-order chi connectivity index (χ1) is 28.9. The van der Waals surface area contributed by atoms with Gasteiger partial charge in [0.2, 0.25) is 0 Å². The number of carboxylic acids is 3. The van der Waals surface area contributed by atoms with Crippen LogP contribution in [0, 0.1) is 80.5 Å². The molecule has 0 aliphatic heterocycles. The Bertz CT molecular complexity index is 2400. The number of rotatable bonds is 10. The number of aldehydes is 1. The fraction of sp³-hybridized carbons (Fsp3) is 0.222. The maximum Gasteiger partial charge on any atom is 0.336 e. The van der Waals surface area contributed by atoms with E-state index in [1.165, 1.54) is 16.7 Å². The molecule has 3 N–H and O–H groups in total. The number of hydrogen-bond donors (Lipinski definition) is 3. The van der Waals surface area contributed by atoms with Crippen molar-refractivity contribution in [3.05, 3.63) is 211 Å². The second-order valence-corrected chi connectivity index (χ2v) is 15.1. The molecule has 1 atom stereocenters. The van der Waals surface area contributed by atoms with Crippen LogP contribution in [0.3, 0.4) is 0 Å². The van der Waals surface area contributed by atoms with E-state index in [1.54, 1.807) is 42.5 Å². The van der Waals surface area contributed by atoms with Gasteiger partial charge in [0.25, 0.3) is 0 Å². The van der Waals surface area contributed by atoms with Crippen LogP contribution < -0.4 is 0 Å². The molecule has 0 heterocycles. The Kier molecular flexibility index (Phi) is 28.9. The van der Waals surface area contributed by atoms with Crippen molar-refractivity contribution < 1.29 is 133 Å². The normalized spacial score (nSPS) is 10.5. The molecule has 0 saturated heterocycles. The van der Waals surface area contributed by atoms with E-state index in [4.69, 9.17) is 5.11 Å². The molecule has 3 radical (unpaired) electrons. The van der Waals surface area contributed by atoms with E-state index in [1.807, 2.05) is 121 Å². The second kappa shape index (κ2) is 30.6. The summed E-state index contributed by atoms with van der Waals surface area (Å²) in [5, 5.41) is 27.6. The van der Waals surface area contributed by atoms with Crippen molar-refractivity contribution in [2.45, 2.75) is 81.1 Å². The molecule has 0 bridgehead atoms. The van der Waals surface area contributed by atoms with Crippen molar-refractivity contribution in [3.63, 3.8) is 0 Å². The van der Waals surface area contributed by atoms with E-state index in [0.717, 1.165) is 67.5 Å². The summed E-state index contributed by atoms with van der Waals surface area (Å²) in [6.07, 6.45) is 3.13. The largest absolute Gasteiger partial charge is 0.481 e. The fourth-order valence-electron chi connectivity index (χ4n) is 6.41. The van der Waals surface area contributed by atoms with Gasteiger partial charge in [0, 0.05) is 98.1 Å². The van der Waals surface area contributed by atoms with Crippen molar-refractivity contribution in [2.24, 2.45) is 0 Å². The standard InChI is InChI=1S/C18H19O2.C18H17O2.C11H14O2.C7H5O.3Y/c2*1-12-9-16(10-13(2)14(12)3)17(18(19)20)11-15-7-5-4-6-8-15;1-7-4-10(6-11(12)13)5-8(2)9(7)3;8-6-7-4-2-1-3-5-7;;;/h5-10,17H,11H2,1-3H3,(H,19,20);5-11H,1-3H3,(H,19,20);4-5H,6H2,1-3H3,(H,12,13);2-6H;;;/q2*-1;;-1;;;/b;17-11+;;;;;. The minimum atomic E-state index is -0.916. The van der Waals surface area contributed by atoms with Crippen LogP contribution in [0.1, 0.15) is 94.2 Å². The Morgan fingerprint density at radius 1 is 0.531 bits per heavy atom. The van der Waals surface area contributed by atoms with Crippen LogP contribution in [0.5, 0.6) is 0 Å². The molecule has 0 amide bonds. The van der Waals surface area contributed by atoms with Crippen LogP contribution in [0.2, 0.25) is 0 Å². The van der Waals surface area contributed by atoms with Crippen LogP contribution in [0.25, 0.3) is 11.6 Å². The molecule has 6 rings (SSSR count). The Balaban J connectivity index is 0.000000852. The quantitative estimate of drug-likeness (QED) is 0.0539. The first-order valence-electron chi connectivity index (χ1n) is 19.9. The summed E-state index contributed by atoms with van der Waals surface area (Å²) in [6, 6.07) is 42.0. The van der Waals surface area contributed by atoms with E-state index >= 15 is 0 Å². The molecule has 0 saturated carbocycles. The smallest absolute Gasteiger partial charge is 0.336 e. The van der Waals surface area contributed by atoms with Crippen molar-refractivity contribution in [3.8, 4) is 0 Å². The third-order valence-electron chi connectivity index (χ3n) is 10.6. The molecular formula is C54H55O7Y3-3. The average Bonchev–Trinajstić information content (AvgIpc) is 3.23. The monoisotopic (exact) mass is 1080 g/mol. The summed E-state index contributed by atoms with van der Waals surface area (Å²) >= 11 is 0. The summed E-state index contributed by atoms with van der Waals surface area (Å²) in [6.45, 7) is 18.2. The number of carboxylic acid groups (broad SMARTS) is 3. The van der Waals surface area contributed by atoms with Gasteiger partial charge < -0.3 is 20.1 Å². The van der Waals surface area contributed by atoms with Gasteiger partial charge in [-0.05, 0) is 135 Å². The number of hydrogen-bond acceptors (Lipinski definition) is 4. The van der Waals surface area contributed by atoms with Crippen LogP contribution in [-0.2, 0) is 125 Å². The van der Waals surface area contributed by atoms with Crippen molar-refractivity contribution in [2.75, 3.05) is 0 Å². The molecule has 0 spiro atoms. The number of benzene rings is 6. The molecular weight excluding hydrogens is 1030 g/mol. The zero-order chi connectivity index (χ0) is 45.2. The third kappa shape index (κ3) is 19.9. The topological polar surface area (TPSA) is 129 Å². The van der Waals surface area contributed by atoms with E-state index in [0.29, 0.717) is 17.6 Å². The van der Waals surface area contributed by atoms with E-state index < -0.39 is 23.8 Å². The molecule has 6 aromatic carbocycles. The maximum absolute atomic E-state index is 11.6. The summed E-state index contributed by atoms with van der Waals surface area (Å²) in [5.41, 5.74) is 15.9. The van der Waals surface area contributed by atoms with E-state index in [2.05, 4.69) is 32.0 Å². The SMILES string of the molecule is Cc1cc(/C(=C\c2cc[c-]cc2)C(=O)O)cc(C)c1C.Cc1cc(C(Cc2cc[c-]cc2)C(=O)O)cc(C)c1C.Cc1cc(CC(=O)O)cc(C)c1C.O=Cc1cc[c-]cc1.[Y].[Y].[Y]. The van der Waals surface area contributed by atoms with Crippen LogP contribution in [0.4, 0.5) is 0 Å². The van der Waals surface area contributed by atoms with Gasteiger partial charge in [0.1, 0.15) is 6.29 Å². The minimum absolute atomic E-state index is 0. The Hall–Kier alpha value is -3.55. The van der Waals surface area contributed by atoms with Gasteiger partial charge in [0.05, 0.1) is 17.9 Å². The molecule has 0 aliphatic rings. The van der Waals surface area contributed by atoms with E-state index in [-0.39, 0.29) is 105 Å². The predicted octanol–water partition coefficient (Wildman–Crippen LogP) is 11.4. The number of carbonyl (C=O) groups is 4. The average molecular weight is 1080 g/mol. The van der Waals surface area contributed by atoms with Gasteiger partial charge in [-0.15, -0.1) is 5.56 Å². The molecule has 325 valence electrons. The van der Waals surface area contributed by atoms with Crippen LogP contribution >= 0.6 is 0 Å². The summed E-state index contributed by atoms with van der Waals surface area (Å²) in [4.78, 5) is 43.6. The number of aryl methyl sites for hydroxylation is 6. The van der Waals surface area contributed by atoms with Crippen molar-refractivity contribution in [1.29, 1.82) is 0 Å². The molecule has 7 nitrogen and oxygen atoms in total. The molecule has 10 heteroatoms. The van der Waals surface area contributed by atoms with Gasteiger partial charge in [0.15, 0.2) is 0 Å². The summed E-state index contributed by atoms with van der Waals surface area (Å²) < 4.78 is 0. The summed E-state index contributed by atoms with van der Waals surface area (Å²) in [7, 11) is 0. The predicted molar refractivity (Wildman–Crippen MR) is 244 cm³/mol. The number of carbonyl (C=O) groups excluding carboxylic acids is 1. The van der Waals surface area contributed by atoms with E-state index in [9.17, 15) is 29.4 Å². The molecule has 64 heavy (non-hydrogen) atoms. The molecule has 0 fully saturated rings. The fourth-order valence-corrected chi connectivity index (χ4v) is 6.41. The van der Waals surface area contributed by atoms with Crippen molar-refractivity contribution >= 4 is 35.8 Å². The van der Waals surface area contributed by atoms with Gasteiger partial charge in [-0.2, -0.15) is 96.6 Å².